The van der Waals surface area contributed by atoms with Crippen LogP contribution >= 0.6 is 0 Å². The number of imide groups is 4. The lowest BCUT2D eigenvalue weighted by atomic mass is 9.82. The van der Waals surface area contributed by atoms with Gasteiger partial charge in [0.2, 0.25) is 47.7 Å². The molecule has 4 atom stereocenters. The molecule has 654 valence electrons. The van der Waals surface area contributed by atoms with Crippen molar-refractivity contribution in [3.8, 4) is 34.5 Å². The topological polar surface area (TPSA) is 435 Å². The lowest BCUT2D eigenvalue weighted by molar-refractivity contribution is -0.128. The number of amides is 13. The number of benzene rings is 7. The quantitative estimate of drug-likeness (QED) is 0.0326. The fourth-order valence-electron chi connectivity index (χ4n) is 18.4. The number of ether oxygens (including phenoxy) is 4. The summed E-state index contributed by atoms with van der Waals surface area (Å²) in [5.41, 5.74) is 5.29. The summed E-state index contributed by atoms with van der Waals surface area (Å²) in [6, 6.07) is 46.5. The van der Waals surface area contributed by atoms with Gasteiger partial charge in [0.25, 0.3) is 29.5 Å². The molecular weight excluding hydrogens is 1660 g/mol. The van der Waals surface area contributed by atoms with Crippen LogP contribution in [0.25, 0.3) is 55.3 Å². The van der Waals surface area contributed by atoms with E-state index < -0.39 is 63.3 Å². The van der Waals surface area contributed by atoms with Crippen molar-refractivity contribution in [3.63, 3.8) is 0 Å². The minimum atomic E-state index is -1.53. The van der Waals surface area contributed by atoms with Gasteiger partial charge in [0.05, 0.1) is 54.2 Å². The molecule has 5 fully saturated rings. The van der Waals surface area contributed by atoms with Gasteiger partial charge in [-0.1, -0.05) is 48.0 Å². The fourth-order valence-corrected chi connectivity index (χ4v) is 18.4. The molecule has 5 saturated heterocycles. The maximum absolute atomic E-state index is 13.2. The van der Waals surface area contributed by atoms with Gasteiger partial charge in [0.15, 0.2) is 5.54 Å². The molecule has 7 aromatic carbocycles. The van der Waals surface area contributed by atoms with Crippen molar-refractivity contribution in [2.45, 2.75) is 80.7 Å². The Hall–Kier alpha value is -15.7. The Morgan fingerprint density at radius 1 is 0.411 bits per heavy atom. The number of nitrogens with one attached hydrogen (secondary N) is 6. The van der Waals surface area contributed by atoms with Crippen molar-refractivity contribution in [1.82, 2.24) is 71.6 Å². The third-order valence-electron chi connectivity index (χ3n) is 25.1. The lowest BCUT2D eigenvalue weighted by Gasteiger charge is -2.29. The Kier molecular flexibility index (Phi) is 21.0. The number of hydrogen-bond acceptors (Lipinski definition) is 26. The summed E-state index contributed by atoms with van der Waals surface area (Å²) in [6.45, 7) is 8.10. The van der Waals surface area contributed by atoms with E-state index >= 15 is 0 Å². The second-order valence-electron chi connectivity index (χ2n) is 33.3. The molecule has 0 unspecified atom stereocenters. The molecule has 13 amide bonds. The molecule has 0 saturated carbocycles. The van der Waals surface area contributed by atoms with Crippen LogP contribution in [-0.4, -0.2) is 191 Å². The van der Waals surface area contributed by atoms with E-state index in [2.05, 4.69) is 58.0 Å². The van der Waals surface area contributed by atoms with Crippen molar-refractivity contribution in [2.75, 3.05) is 80.8 Å². The maximum atomic E-state index is 13.2. The molecule has 9 aliphatic heterocycles. The average Bonchev–Trinajstić information content (AvgIpc) is 1.60. The number of aromatic nitrogens is 3. The van der Waals surface area contributed by atoms with Gasteiger partial charge < -0.3 is 71.3 Å². The summed E-state index contributed by atoms with van der Waals surface area (Å²) in [7, 11) is 6.18. The Bertz CT molecular complexity index is 6850. The molecule has 9 aliphatic rings. The second kappa shape index (κ2) is 32.7. The number of furan rings is 4. The molecule has 129 heavy (non-hydrogen) atoms. The van der Waals surface area contributed by atoms with Gasteiger partial charge in [-0.15, -0.1) is 10.2 Å². The number of piperazine rings is 1. The molecular formula is C94H82N14O21. The predicted molar refractivity (Wildman–Crippen MR) is 456 cm³/mol. The molecule has 13 aromatic rings. The molecule has 0 radical (unpaired) electrons. The van der Waals surface area contributed by atoms with Crippen LogP contribution in [0.2, 0.25) is 0 Å². The molecule has 22 rings (SSSR count). The van der Waals surface area contributed by atoms with E-state index in [9.17, 15) is 57.5 Å². The van der Waals surface area contributed by atoms with Crippen molar-refractivity contribution < 1.29 is 98.6 Å². The van der Waals surface area contributed by atoms with Gasteiger partial charge in [-0.2, -0.15) is 0 Å². The number of methoxy groups -OCH3 is 4. The van der Waals surface area contributed by atoms with Crippen LogP contribution in [0.1, 0.15) is 117 Å². The van der Waals surface area contributed by atoms with Crippen LogP contribution in [-0.2, 0) is 88.1 Å². The first-order chi connectivity index (χ1) is 62.3. The fraction of sp³-hybridized carbons (Fsp3) is 0.266. The van der Waals surface area contributed by atoms with Gasteiger partial charge in [0.1, 0.15) is 84.6 Å². The molecule has 0 aliphatic carbocycles. The first-order valence-electron chi connectivity index (χ1n) is 41.4. The van der Waals surface area contributed by atoms with Crippen molar-refractivity contribution >= 4 is 115 Å². The van der Waals surface area contributed by atoms with Gasteiger partial charge in [0, 0.05) is 146 Å². The van der Waals surface area contributed by atoms with Crippen LogP contribution in [0, 0.1) is 6.92 Å². The van der Waals surface area contributed by atoms with Crippen molar-refractivity contribution in [1.29, 1.82) is 0 Å². The molecule has 6 aromatic heterocycles. The highest BCUT2D eigenvalue weighted by molar-refractivity contribution is 6.13. The third-order valence-corrected chi connectivity index (χ3v) is 25.1. The predicted octanol–water partition coefficient (Wildman–Crippen LogP) is 8.44. The highest BCUT2D eigenvalue weighted by Crippen LogP contribution is 2.45. The van der Waals surface area contributed by atoms with Crippen LogP contribution in [0.15, 0.2) is 199 Å². The number of urea groups is 1. The molecule has 6 N–H and O–H groups in total. The maximum Gasteiger partial charge on any atom is 0.322 e. The van der Waals surface area contributed by atoms with E-state index in [4.69, 9.17) is 41.0 Å². The van der Waals surface area contributed by atoms with Crippen LogP contribution in [0.5, 0.6) is 23.0 Å². The van der Waals surface area contributed by atoms with Crippen molar-refractivity contribution in [3.05, 3.63) is 255 Å². The van der Waals surface area contributed by atoms with Gasteiger partial charge >= 0.3 is 6.03 Å². The van der Waals surface area contributed by atoms with Crippen molar-refractivity contribution in [2.24, 2.45) is 0 Å². The normalized spacial score (nSPS) is 20.9. The highest BCUT2D eigenvalue weighted by atomic mass is 16.5. The SMILES string of the molecule is COc1ccc2c(c1)C(=O)N(C[C@@]1(c3cc4cc(CN5CCNCC5)ccc4o3)NC(=O)NC1=O)C2.COc1ccc2c(c1)C(=O)N(C[C@@]1(c3cc4ccc(-c5nnco5)cc4o3)CC(=O)NC1=O)C2.COc1ccc2c(c1)C(=O)N(C[C@@]1(c3cc4ccc(OC)cc4o3)CC(=O)NC1=O)C2.Cc1ccc2c(c1)C(=O)N(C[C@@]1(c3cc4cnccc4o3)CC(=O)NC1=O)C2. The summed E-state index contributed by atoms with van der Waals surface area (Å²) in [4.78, 5) is 166. The standard InChI is InChI=1S/C26H27N5O5.C24H18N4O6.C23H20N2O6.C21H17N3O4/c1-35-19-4-3-17-14-31(23(32)20(17)12-19)15-26(24(33)28-25(34)29-26)22-11-18-10-16(2-5-21(18)36-22)13-30-8-6-27-7-9-30;1-32-16-5-4-15-10-28(22(30)17(15)8-16)11-24(9-20(29)26-23(24)31)19-7-13-2-3-14(6-18(13)34-19)21-27-25-12-33-21;1-29-15-6-4-14-11-25(21(27)17(14)8-15)12-23(10-20(26)24-22(23)28)19-7-13-3-5-16(30-2)9-18(13)31-19;1-12-2-3-13-10-24(19(26)15(13)6-12)11-21(8-18(25)23-20(21)27)17-7-14-9-22-5-4-16(14)28-17/h2-5,10-12,27H,6-9,13-15H2,1H3,(H2,28,29,33,34);2-8,12H,9-11H2,1H3,(H,26,29,31);3-9H,10-12H2,1-2H3,(H,24,26,28);2-7,9H,8,10-11H2,1H3,(H,23,25,27)/t26-;24-;23-;21-/m0111/s1. The number of pyridine rings is 1. The number of rotatable bonds is 19. The zero-order valence-electron chi connectivity index (χ0n) is 70.2. The lowest BCUT2D eigenvalue weighted by Crippen LogP contribution is -2.52. The summed E-state index contributed by atoms with van der Waals surface area (Å²) in [5.74, 6) is 0.0971. The Labute approximate surface area is 732 Å². The van der Waals surface area contributed by atoms with Crippen LogP contribution in [0.4, 0.5) is 4.79 Å². The highest BCUT2D eigenvalue weighted by Gasteiger charge is 2.58. The molecule has 0 bridgehead atoms. The third kappa shape index (κ3) is 15.1. The number of fused-ring (bicyclic) bond motifs is 8. The Balaban J connectivity index is 0.000000112. The Morgan fingerprint density at radius 3 is 1.33 bits per heavy atom. The van der Waals surface area contributed by atoms with E-state index in [1.54, 1.807) is 144 Å². The Morgan fingerprint density at radius 2 is 0.853 bits per heavy atom. The zero-order chi connectivity index (χ0) is 89.5. The van der Waals surface area contributed by atoms with Gasteiger partial charge in [-0.3, -0.25) is 83.9 Å². The number of carbonyl (C=O) groups is 12. The number of nitrogens with zero attached hydrogens (tertiary/aromatic N) is 8. The summed E-state index contributed by atoms with van der Waals surface area (Å²) < 4.78 is 50.4. The minimum absolute atomic E-state index is 0.00323. The summed E-state index contributed by atoms with van der Waals surface area (Å²) >= 11 is 0. The average molecular weight is 1740 g/mol. The smallest absolute Gasteiger partial charge is 0.322 e. The van der Waals surface area contributed by atoms with E-state index in [-0.39, 0.29) is 75.0 Å². The van der Waals surface area contributed by atoms with Crippen LogP contribution < -0.4 is 50.8 Å². The van der Waals surface area contributed by atoms with E-state index in [0.29, 0.717) is 128 Å². The van der Waals surface area contributed by atoms with Gasteiger partial charge in [-0.25, -0.2) is 4.79 Å². The molecule has 35 heteroatoms. The summed E-state index contributed by atoms with van der Waals surface area (Å²) in [6.07, 6.45) is 4.21. The number of carbonyl (C=O) groups excluding carboxylic acids is 12. The molecule has 35 nitrogen and oxygen atoms in total. The first-order valence-corrected chi connectivity index (χ1v) is 41.4. The second-order valence-corrected chi connectivity index (χ2v) is 33.3. The minimum Gasteiger partial charge on any atom is -0.497 e. The summed E-state index contributed by atoms with van der Waals surface area (Å²) in [5, 5.41) is 26.3. The molecule has 15 heterocycles. The number of aryl methyl sites for hydroxylation is 1. The van der Waals surface area contributed by atoms with Gasteiger partial charge in [-0.05, 0) is 144 Å². The largest absolute Gasteiger partial charge is 0.497 e. The van der Waals surface area contributed by atoms with Crippen LogP contribution in [0.3, 0.4) is 0 Å². The number of hydrogen-bond donors (Lipinski definition) is 6. The van der Waals surface area contributed by atoms with E-state index in [1.807, 2.05) is 67.6 Å². The van der Waals surface area contributed by atoms with E-state index in [1.165, 1.54) is 13.5 Å². The zero-order valence-corrected chi connectivity index (χ0v) is 70.2. The first kappa shape index (κ1) is 82.9. The molecule has 0 spiro atoms. The monoisotopic (exact) mass is 1740 g/mol. The van der Waals surface area contributed by atoms with E-state index in [0.717, 1.165) is 87.6 Å².